The van der Waals surface area contributed by atoms with E-state index < -0.39 is 0 Å². The number of hydrogen-bond donors (Lipinski definition) is 1. The van der Waals surface area contributed by atoms with E-state index in [1.165, 1.54) is 12.0 Å². The van der Waals surface area contributed by atoms with Crippen molar-refractivity contribution in [2.24, 2.45) is 7.05 Å². The Kier molecular flexibility index (Phi) is 4.74. The third-order valence-corrected chi connectivity index (χ3v) is 3.48. The van der Waals surface area contributed by atoms with Crippen molar-refractivity contribution in [3.8, 4) is 0 Å². The first-order valence-electron chi connectivity index (χ1n) is 6.74. The summed E-state index contributed by atoms with van der Waals surface area (Å²) < 4.78 is 7.77. The molecule has 5 heteroatoms. The van der Waals surface area contributed by atoms with Crippen molar-refractivity contribution in [3.63, 3.8) is 0 Å². The summed E-state index contributed by atoms with van der Waals surface area (Å²) in [5.41, 5.74) is 1.20. The predicted octanol–water partition coefficient (Wildman–Crippen LogP) is 0.791. The van der Waals surface area contributed by atoms with Crippen LogP contribution in [0.2, 0.25) is 0 Å². The fraction of sp³-hybridized carbons (Fsp3) is 0.769. The Labute approximate surface area is 109 Å². The van der Waals surface area contributed by atoms with Gasteiger partial charge in [-0.15, -0.1) is 0 Å². The highest BCUT2D eigenvalue weighted by Crippen LogP contribution is 2.21. The molecule has 18 heavy (non-hydrogen) atoms. The summed E-state index contributed by atoms with van der Waals surface area (Å²) in [5.74, 6) is 0. The molecule has 102 valence electrons. The fourth-order valence-electron chi connectivity index (χ4n) is 2.62. The van der Waals surface area contributed by atoms with E-state index in [0.717, 1.165) is 26.2 Å². The Bertz CT molecular complexity index is 364. The van der Waals surface area contributed by atoms with Crippen molar-refractivity contribution in [2.45, 2.75) is 25.5 Å². The van der Waals surface area contributed by atoms with Crippen molar-refractivity contribution in [3.05, 3.63) is 18.0 Å². The third-order valence-electron chi connectivity index (χ3n) is 3.48. The summed E-state index contributed by atoms with van der Waals surface area (Å²) >= 11 is 0. The third kappa shape index (κ3) is 3.10. The van der Waals surface area contributed by atoms with Gasteiger partial charge < -0.3 is 10.1 Å². The number of morpholine rings is 1. The lowest BCUT2D eigenvalue weighted by molar-refractivity contribution is -0.0459. The Hall–Kier alpha value is -0.910. The highest BCUT2D eigenvalue weighted by molar-refractivity contribution is 5.12. The largest absolute Gasteiger partial charge is 0.374 e. The van der Waals surface area contributed by atoms with Crippen LogP contribution in [0.5, 0.6) is 0 Å². The second kappa shape index (κ2) is 6.31. The lowest BCUT2D eigenvalue weighted by Crippen LogP contribution is -2.47. The van der Waals surface area contributed by atoms with Gasteiger partial charge in [-0.2, -0.15) is 5.10 Å². The molecule has 2 atom stereocenters. The Morgan fingerprint density at radius 3 is 3.06 bits per heavy atom. The number of hydrogen-bond acceptors (Lipinski definition) is 4. The minimum Gasteiger partial charge on any atom is -0.374 e. The standard InChI is InChI=1S/C13H24N4O/c1-4-5-17-6-7-18-12(10-17)13(14-2)11-8-15-16(3)9-11/h8-9,12-14H,4-7,10H2,1-3H3. The monoisotopic (exact) mass is 252 g/mol. The quantitative estimate of drug-likeness (QED) is 0.841. The van der Waals surface area contributed by atoms with Gasteiger partial charge in [0.25, 0.3) is 0 Å². The molecule has 5 nitrogen and oxygen atoms in total. The second-order valence-corrected chi connectivity index (χ2v) is 4.92. The Morgan fingerprint density at radius 2 is 2.44 bits per heavy atom. The van der Waals surface area contributed by atoms with Crippen LogP contribution in [0.25, 0.3) is 0 Å². The van der Waals surface area contributed by atoms with E-state index in [2.05, 4.69) is 28.4 Å². The molecule has 1 saturated heterocycles. The van der Waals surface area contributed by atoms with E-state index in [-0.39, 0.29) is 12.1 Å². The summed E-state index contributed by atoms with van der Waals surface area (Å²) in [6.45, 7) is 6.25. The molecular weight excluding hydrogens is 228 g/mol. The number of likely N-dealkylation sites (N-methyl/N-ethyl adjacent to an activating group) is 1. The van der Waals surface area contributed by atoms with E-state index in [1.54, 1.807) is 0 Å². The zero-order chi connectivity index (χ0) is 13.0. The fourth-order valence-corrected chi connectivity index (χ4v) is 2.62. The van der Waals surface area contributed by atoms with Crippen molar-refractivity contribution >= 4 is 0 Å². The van der Waals surface area contributed by atoms with Gasteiger partial charge in [-0.25, -0.2) is 0 Å². The van der Waals surface area contributed by atoms with Gasteiger partial charge in [-0.1, -0.05) is 6.92 Å². The molecular formula is C13H24N4O. The number of aryl methyl sites for hydroxylation is 1. The van der Waals surface area contributed by atoms with Crippen LogP contribution >= 0.6 is 0 Å². The van der Waals surface area contributed by atoms with Crippen LogP contribution < -0.4 is 5.32 Å². The maximum Gasteiger partial charge on any atom is 0.0897 e. The van der Waals surface area contributed by atoms with Crippen LogP contribution in [0.1, 0.15) is 24.9 Å². The van der Waals surface area contributed by atoms with Crippen LogP contribution in [0.15, 0.2) is 12.4 Å². The van der Waals surface area contributed by atoms with E-state index in [9.17, 15) is 0 Å². The van der Waals surface area contributed by atoms with Crippen LogP contribution in [-0.2, 0) is 11.8 Å². The number of aromatic nitrogens is 2. The normalized spacial score (nSPS) is 23.2. The van der Waals surface area contributed by atoms with E-state index >= 15 is 0 Å². The molecule has 1 aliphatic heterocycles. The van der Waals surface area contributed by atoms with Gasteiger partial charge in [0.1, 0.15) is 0 Å². The zero-order valence-corrected chi connectivity index (χ0v) is 11.6. The lowest BCUT2D eigenvalue weighted by Gasteiger charge is -2.36. The van der Waals surface area contributed by atoms with Gasteiger partial charge in [-0.3, -0.25) is 9.58 Å². The van der Waals surface area contributed by atoms with Gasteiger partial charge >= 0.3 is 0 Å². The maximum atomic E-state index is 5.93. The molecule has 1 aromatic rings. The van der Waals surface area contributed by atoms with E-state index in [0.29, 0.717) is 0 Å². The molecule has 1 aliphatic rings. The zero-order valence-electron chi connectivity index (χ0n) is 11.6. The van der Waals surface area contributed by atoms with Gasteiger partial charge in [0, 0.05) is 31.9 Å². The second-order valence-electron chi connectivity index (χ2n) is 4.92. The summed E-state index contributed by atoms with van der Waals surface area (Å²) in [4.78, 5) is 2.48. The molecule has 1 N–H and O–H groups in total. The smallest absolute Gasteiger partial charge is 0.0897 e. The van der Waals surface area contributed by atoms with Crippen molar-refractivity contribution in [2.75, 3.05) is 33.3 Å². The molecule has 0 spiro atoms. The van der Waals surface area contributed by atoms with Crippen LogP contribution in [0, 0.1) is 0 Å². The molecule has 2 rings (SSSR count). The molecule has 0 amide bonds. The minimum absolute atomic E-state index is 0.208. The molecule has 2 unspecified atom stereocenters. The molecule has 2 heterocycles. The predicted molar refractivity (Wildman–Crippen MR) is 71.5 cm³/mol. The summed E-state index contributed by atoms with van der Waals surface area (Å²) in [5, 5.41) is 7.60. The number of rotatable bonds is 5. The molecule has 0 bridgehead atoms. The number of nitrogens with zero attached hydrogens (tertiary/aromatic N) is 3. The van der Waals surface area contributed by atoms with E-state index in [4.69, 9.17) is 4.74 Å². The number of nitrogens with one attached hydrogen (secondary N) is 1. The molecule has 0 aliphatic carbocycles. The Morgan fingerprint density at radius 1 is 1.61 bits per heavy atom. The molecule has 1 fully saturated rings. The van der Waals surface area contributed by atoms with Crippen LogP contribution in [0.3, 0.4) is 0 Å². The first-order valence-corrected chi connectivity index (χ1v) is 6.74. The maximum absolute atomic E-state index is 5.93. The molecule has 0 aromatic carbocycles. The van der Waals surface area contributed by atoms with Gasteiger partial charge in [-0.05, 0) is 20.0 Å². The number of ether oxygens (including phenoxy) is 1. The lowest BCUT2D eigenvalue weighted by atomic mass is 10.0. The van der Waals surface area contributed by atoms with Crippen LogP contribution in [0.4, 0.5) is 0 Å². The highest BCUT2D eigenvalue weighted by atomic mass is 16.5. The van der Waals surface area contributed by atoms with Crippen LogP contribution in [-0.4, -0.2) is 54.1 Å². The summed E-state index contributed by atoms with van der Waals surface area (Å²) in [6, 6.07) is 0.221. The molecule has 0 radical (unpaired) electrons. The average Bonchev–Trinajstić information content (AvgIpc) is 2.78. The summed E-state index contributed by atoms with van der Waals surface area (Å²) in [7, 11) is 3.93. The van der Waals surface area contributed by atoms with Crippen molar-refractivity contribution < 1.29 is 4.74 Å². The van der Waals surface area contributed by atoms with Crippen molar-refractivity contribution in [1.82, 2.24) is 20.0 Å². The topological polar surface area (TPSA) is 42.3 Å². The first kappa shape index (κ1) is 13.5. The Balaban J connectivity index is 2.03. The van der Waals surface area contributed by atoms with Gasteiger partial charge in [0.2, 0.25) is 0 Å². The van der Waals surface area contributed by atoms with Crippen molar-refractivity contribution in [1.29, 1.82) is 0 Å². The molecule has 0 saturated carbocycles. The SMILES string of the molecule is CCCN1CCOC(C(NC)c2cnn(C)c2)C1. The minimum atomic E-state index is 0.208. The van der Waals surface area contributed by atoms with Gasteiger partial charge in [0.05, 0.1) is 24.9 Å². The summed E-state index contributed by atoms with van der Waals surface area (Å²) in [6.07, 6.45) is 5.38. The highest BCUT2D eigenvalue weighted by Gasteiger charge is 2.28. The first-order chi connectivity index (χ1) is 8.74. The van der Waals surface area contributed by atoms with Gasteiger partial charge in [0.15, 0.2) is 0 Å². The van der Waals surface area contributed by atoms with E-state index in [1.807, 2.05) is 25.0 Å². The molecule has 1 aromatic heterocycles. The average molecular weight is 252 g/mol.